The second kappa shape index (κ2) is 8.03. The number of carbonyl (C=O) groups excluding carboxylic acids is 1. The van der Waals surface area contributed by atoms with Crippen LogP contribution in [-0.2, 0) is 14.8 Å². The number of hydrogen-bond donors (Lipinski definition) is 0. The van der Waals surface area contributed by atoms with Crippen molar-refractivity contribution >= 4 is 21.9 Å². The Morgan fingerprint density at radius 2 is 1.66 bits per heavy atom. The van der Waals surface area contributed by atoms with E-state index in [2.05, 4.69) is 9.97 Å². The Labute approximate surface area is 169 Å². The molecule has 2 aliphatic heterocycles. The predicted octanol–water partition coefficient (Wildman–Crippen LogP) is 1.12. The summed E-state index contributed by atoms with van der Waals surface area (Å²) in [5.74, 6) is -0.0546. The molecule has 4 rings (SSSR count). The molecule has 0 N–H and O–H groups in total. The van der Waals surface area contributed by atoms with Gasteiger partial charge < -0.3 is 9.80 Å². The van der Waals surface area contributed by atoms with E-state index in [0.29, 0.717) is 45.0 Å². The summed E-state index contributed by atoms with van der Waals surface area (Å²) < 4.78 is 40.4. The van der Waals surface area contributed by atoms with Crippen LogP contribution in [0.5, 0.6) is 0 Å². The molecule has 0 bridgehead atoms. The van der Waals surface area contributed by atoms with Crippen LogP contribution in [0.25, 0.3) is 0 Å². The van der Waals surface area contributed by atoms with Crippen molar-refractivity contribution in [1.82, 2.24) is 19.2 Å². The summed E-state index contributed by atoms with van der Waals surface area (Å²) in [7, 11) is -3.85. The lowest BCUT2D eigenvalue weighted by Crippen LogP contribution is -2.54. The van der Waals surface area contributed by atoms with E-state index >= 15 is 0 Å². The van der Waals surface area contributed by atoms with E-state index in [-0.39, 0.29) is 17.3 Å². The highest BCUT2D eigenvalue weighted by molar-refractivity contribution is 7.89. The molecule has 2 aromatic rings. The van der Waals surface area contributed by atoms with Crippen molar-refractivity contribution < 1.29 is 17.6 Å². The molecular formula is C19H22FN5O3S. The third kappa shape index (κ3) is 3.95. The van der Waals surface area contributed by atoms with Crippen molar-refractivity contribution in [3.05, 3.63) is 48.5 Å². The summed E-state index contributed by atoms with van der Waals surface area (Å²) >= 11 is 0. The summed E-state index contributed by atoms with van der Waals surface area (Å²) in [5.41, 5.74) is 0. The minimum atomic E-state index is -3.85. The quantitative estimate of drug-likeness (QED) is 0.738. The van der Waals surface area contributed by atoms with Crippen LogP contribution >= 0.6 is 0 Å². The second-order valence-electron chi connectivity index (χ2n) is 7.09. The molecule has 3 heterocycles. The van der Waals surface area contributed by atoms with Crippen molar-refractivity contribution in [2.45, 2.75) is 23.8 Å². The van der Waals surface area contributed by atoms with Crippen LogP contribution in [0.2, 0.25) is 0 Å². The molecule has 0 aliphatic carbocycles. The number of anilines is 1. The van der Waals surface area contributed by atoms with Crippen LogP contribution in [0.1, 0.15) is 12.8 Å². The number of hydrogen-bond acceptors (Lipinski definition) is 6. The Kier molecular flexibility index (Phi) is 5.46. The Bertz CT molecular complexity index is 963. The predicted molar refractivity (Wildman–Crippen MR) is 104 cm³/mol. The zero-order chi connectivity index (χ0) is 20.4. The maximum atomic E-state index is 13.2. The first kappa shape index (κ1) is 19.7. The van der Waals surface area contributed by atoms with Crippen molar-refractivity contribution in [3.63, 3.8) is 0 Å². The first-order valence-corrected chi connectivity index (χ1v) is 11.0. The highest BCUT2D eigenvalue weighted by atomic mass is 32.2. The molecule has 1 atom stereocenters. The van der Waals surface area contributed by atoms with Gasteiger partial charge in [-0.1, -0.05) is 0 Å². The summed E-state index contributed by atoms with van der Waals surface area (Å²) in [5, 5.41) is 0. The number of sulfonamides is 1. The lowest BCUT2D eigenvalue weighted by Gasteiger charge is -2.37. The zero-order valence-corrected chi connectivity index (χ0v) is 16.6. The molecule has 1 aromatic carbocycles. The number of piperazine rings is 1. The Morgan fingerprint density at radius 3 is 2.31 bits per heavy atom. The van der Waals surface area contributed by atoms with Crippen LogP contribution in [0.3, 0.4) is 0 Å². The van der Waals surface area contributed by atoms with Gasteiger partial charge in [-0.25, -0.2) is 22.8 Å². The molecule has 2 saturated heterocycles. The van der Waals surface area contributed by atoms with Gasteiger partial charge in [-0.05, 0) is 43.2 Å². The number of rotatable bonds is 4. The molecule has 0 saturated carbocycles. The van der Waals surface area contributed by atoms with E-state index in [1.165, 1.54) is 16.4 Å². The molecule has 1 unspecified atom stereocenters. The standard InChI is InChI=1S/C19H22FN5O3S/c20-15-4-6-16(7-5-15)29(27,28)25-10-1-3-17(25)18(26)23-11-13-24(14-12-23)19-21-8-2-9-22-19/h2,4-9,17H,1,3,10-14H2. The van der Waals surface area contributed by atoms with E-state index in [4.69, 9.17) is 0 Å². The van der Waals surface area contributed by atoms with Gasteiger partial charge in [0.25, 0.3) is 0 Å². The Morgan fingerprint density at radius 1 is 1.00 bits per heavy atom. The first-order valence-electron chi connectivity index (χ1n) is 9.55. The maximum absolute atomic E-state index is 13.2. The monoisotopic (exact) mass is 419 g/mol. The smallest absolute Gasteiger partial charge is 0.243 e. The fourth-order valence-corrected chi connectivity index (χ4v) is 5.46. The zero-order valence-electron chi connectivity index (χ0n) is 15.8. The molecule has 8 nitrogen and oxygen atoms in total. The third-order valence-corrected chi connectivity index (χ3v) is 7.26. The van der Waals surface area contributed by atoms with Crippen LogP contribution in [0.15, 0.2) is 47.6 Å². The number of aromatic nitrogens is 2. The first-order chi connectivity index (χ1) is 14.0. The van der Waals surface area contributed by atoms with Crippen molar-refractivity contribution in [3.8, 4) is 0 Å². The van der Waals surface area contributed by atoms with Gasteiger partial charge in [-0.2, -0.15) is 4.31 Å². The van der Waals surface area contributed by atoms with E-state index < -0.39 is 21.9 Å². The van der Waals surface area contributed by atoms with E-state index in [0.717, 1.165) is 12.1 Å². The molecule has 10 heteroatoms. The molecular weight excluding hydrogens is 397 g/mol. The SMILES string of the molecule is O=C(C1CCCN1S(=O)(=O)c1ccc(F)cc1)N1CCN(c2ncccn2)CC1. The van der Waals surface area contributed by atoms with Crippen LogP contribution in [-0.4, -0.2) is 72.3 Å². The molecule has 2 fully saturated rings. The minimum Gasteiger partial charge on any atom is -0.338 e. The van der Waals surface area contributed by atoms with Gasteiger partial charge in [0.05, 0.1) is 4.90 Å². The van der Waals surface area contributed by atoms with Gasteiger partial charge in [0.2, 0.25) is 21.9 Å². The molecule has 0 radical (unpaired) electrons. The van der Waals surface area contributed by atoms with Gasteiger partial charge in [0.15, 0.2) is 0 Å². The highest BCUT2D eigenvalue weighted by Crippen LogP contribution is 2.28. The van der Waals surface area contributed by atoms with Crippen LogP contribution in [0, 0.1) is 5.82 Å². The van der Waals surface area contributed by atoms with Crippen molar-refractivity contribution in [1.29, 1.82) is 0 Å². The summed E-state index contributed by atoms with van der Waals surface area (Å²) in [6.07, 6.45) is 4.46. The normalized spacial score (nSPS) is 20.8. The van der Waals surface area contributed by atoms with Gasteiger partial charge >= 0.3 is 0 Å². The van der Waals surface area contributed by atoms with Gasteiger partial charge in [0, 0.05) is 45.1 Å². The van der Waals surface area contributed by atoms with Crippen LogP contribution < -0.4 is 4.90 Å². The van der Waals surface area contributed by atoms with Crippen molar-refractivity contribution in [2.75, 3.05) is 37.6 Å². The Balaban J connectivity index is 1.45. The van der Waals surface area contributed by atoms with Gasteiger partial charge in [-0.3, -0.25) is 4.79 Å². The number of nitrogens with zero attached hydrogens (tertiary/aromatic N) is 5. The lowest BCUT2D eigenvalue weighted by molar-refractivity contribution is -0.134. The van der Waals surface area contributed by atoms with E-state index in [9.17, 15) is 17.6 Å². The molecule has 0 spiro atoms. The van der Waals surface area contributed by atoms with Crippen LogP contribution in [0.4, 0.5) is 10.3 Å². The highest BCUT2D eigenvalue weighted by Gasteiger charge is 2.41. The van der Waals surface area contributed by atoms with Crippen molar-refractivity contribution in [2.24, 2.45) is 0 Å². The number of halogens is 1. The average Bonchev–Trinajstić information content (AvgIpc) is 3.25. The molecule has 29 heavy (non-hydrogen) atoms. The van der Waals surface area contributed by atoms with E-state index in [1.54, 1.807) is 23.4 Å². The second-order valence-corrected chi connectivity index (χ2v) is 8.98. The van der Waals surface area contributed by atoms with Gasteiger partial charge in [0.1, 0.15) is 11.9 Å². The number of amides is 1. The molecule has 154 valence electrons. The number of benzene rings is 1. The van der Waals surface area contributed by atoms with E-state index in [1.807, 2.05) is 4.90 Å². The number of carbonyl (C=O) groups is 1. The summed E-state index contributed by atoms with van der Waals surface area (Å²) in [6.45, 7) is 2.43. The largest absolute Gasteiger partial charge is 0.338 e. The van der Waals surface area contributed by atoms with Gasteiger partial charge in [-0.15, -0.1) is 0 Å². The third-order valence-electron chi connectivity index (χ3n) is 5.34. The topological polar surface area (TPSA) is 86.7 Å². The molecule has 2 aliphatic rings. The average molecular weight is 419 g/mol. The summed E-state index contributed by atoms with van der Waals surface area (Å²) in [6, 6.07) is 5.74. The fraction of sp³-hybridized carbons (Fsp3) is 0.421. The minimum absolute atomic E-state index is 0.00430. The summed E-state index contributed by atoms with van der Waals surface area (Å²) in [4.78, 5) is 25.3. The fourth-order valence-electron chi connectivity index (χ4n) is 3.81. The maximum Gasteiger partial charge on any atom is 0.243 e. The Hall–Kier alpha value is -2.59. The molecule has 1 amide bonds. The molecule has 1 aromatic heterocycles. The lowest BCUT2D eigenvalue weighted by atomic mass is 10.2.